The highest BCUT2D eigenvalue weighted by molar-refractivity contribution is 7.92. The lowest BCUT2D eigenvalue weighted by Gasteiger charge is -2.00. The van der Waals surface area contributed by atoms with Crippen LogP contribution in [-0.2, 0) is 16.4 Å². The lowest BCUT2D eigenvalue weighted by molar-refractivity contribution is 0.320. The second kappa shape index (κ2) is 4.67. The minimum atomic E-state index is -3.47. The third-order valence-corrected chi connectivity index (χ3v) is 3.71. The molecule has 0 saturated carbocycles. The summed E-state index contributed by atoms with van der Waals surface area (Å²) in [5.41, 5.74) is 0. The molecule has 0 spiro atoms. The average molecular weight is 237 g/mol. The van der Waals surface area contributed by atoms with Crippen LogP contribution in [0.4, 0.5) is 5.13 Å². The molecule has 0 unspecified atom stereocenters. The van der Waals surface area contributed by atoms with E-state index in [1.165, 1.54) is 11.3 Å². The molecule has 1 rings (SSSR count). The number of anilines is 1. The minimum Gasteiger partial charge on any atom is -0.395 e. The number of aromatic nitrogens is 2. The molecule has 1 aromatic heterocycles. The first-order chi connectivity index (χ1) is 6.57. The van der Waals surface area contributed by atoms with Gasteiger partial charge in [0.15, 0.2) is 0 Å². The molecule has 0 atom stereocenters. The second-order valence-corrected chi connectivity index (χ2v) is 5.40. The first-order valence-corrected chi connectivity index (χ1v) is 6.48. The molecule has 0 amide bonds. The van der Waals surface area contributed by atoms with E-state index in [0.29, 0.717) is 0 Å². The molecule has 0 bridgehead atoms. The molecule has 0 aliphatic heterocycles. The average Bonchev–Trinajstić information content (AvgIpc) is 2.51. The molecule has 6 nitrogen and oxygen atoms in total. The van der Waals surface area contributed by atoms with E-state index in [2.05, 4.69) is 14.9 Å². The van der Waals surface area contributed by atoms with Crippen LogP contribution in [0.1, 0.15) is 11.9 Å². The van der Waals surface area contributed by atoms with E-state index in [1.807, 2.05) is 6.92 Å². The van der Waals surface area contributed by atoms with Gasteiger partial charge in [-0.2, -0.15) is 0 Å². The molecule has 1 heterocycles. The molecule has 0 aromatic carbocycles. The summed E-state index contributed by atoms with van der Waals surface area (Å²) in [4.78, 5) is 0. The Balaban J connectivity index is 2.69. The number of hydrogen-bond acceptors (Lipinski definition) is 6. The van der Waals surface area contributed by atoms with Crippen LogP contribution in [0.15, 0.2) is 0 Å². The van der Waals surface area contributed by atoms with E-state index in [-0.39, 0.29) is 10.9 Å². The van der Waals surface area contributed by atoms with Crippen molar-refractivity contribution in [3.05, 3.63) is 5.01 Å². The van der Waals surface area contributed by atoms with Crippen LogP contribution in [0, 0.1) is 0 Å². The minimum absolute atomic E-state index is 0.246. The molecular weight excluding hydrogens is 226 g/mol. The van der Waals surface area contributed by atoms with Crippen molar-refractivity contribution in [2.45, 2.75) is 13.3 Å². The monoisotopic (exact) mass is 237 g/mol. The summed E-state index contributed by atoms with van der Waals surface area (Å²) in [6, 6.07) is 0. The van der Waals surface area contributed by atoms with Crippen molar-refractivity contribution in [2.75, 3.05) is 17.1 Å². The molecule has 0 radical (unpaired) electrons. The molecule has 14 heavy (non-hydrogen) atoms. The van der Waals surface area contributed by atoms with E-state index >= 15 is 0 Å². The van der Waals surface area contributed by atoms with Crippen molar-refractivity contribution in [1.29, 1.82) is 0 Å². The highest BCUT2D eigenvalue weighted by Crippen LogP contribution is 2.16. The molecule has 80 valence electrons. The highest BCUT2D eigenvalue weighted by atomic mass is 32.2. The number of nitrogens with one attached hydrogen (secondary N) is 1. The van der Waals surface area contributed by atoms with Crippen molar-refractivity contribution in [3.8, 4) is 0 Å². The van der Waals surface area contributed by atoms with E-state index < -0.39 is 16.6 Å². The lowest BCUT2D eigenvalue weighted by Crippen LogP contribution is -2.18. The summed E-state index contributed by atoms with van der Waals surface area (Å²) in [6.45, 7) is 1.50. The fourth-order valence-corrected chi connectivity index (χ4v) is 2.47. The Labute approximate surface area is 86.0 Å². The quantitative estimate of drug-likeness (QED) is 0.742. The van der Waals surface area contributed by atoms with Gasteiger partial charge in [-0.1, -0.05) is 18.3 Å². The topological polar surface area (TPSA) is 92.2 Å². The molecule has 0 aliphatic rings. The summed E-state index contributed by atoms with van der Waals surface area (Å²) in [7, 11) is -3.47. The van der Waals surface area contributed by atoms with Gasteiger partial charge in [0.25, 0.3) is 0 Å². The Morgan fingerprint density at radius 2 is 2.21 bits per heavy atom. The molecule has 8 heteroatoms. The van der Waals surface area contributed by atoms with Crippen LogP contribution in [0.3, 0.4) is 0 Å². The largest absolute Gasteiger partial charge is 0.395 e. The SMILES string of the molecule is CCc1nnc(NS(=O)(=O)CCO)s1. The number of hydrogen-bond donors (Lipinski definition) is 2. The zero-order chi connectivity index (χ0) is 10.6. The van der Waals surface area contributed by atoms with E-state index in [4.69, 9.17) is 5.11 Å². The van der Waals surface area contributed by atoms with Gasteiger partial charge in [0.1, 0.15) is 5.01 Å². The van der Waals surface area contributed by atoms with Gasteiger partial charge in [0, 0.05) is 0 Å². The predicted molar refractivity (Wildman–Crippen MR) is 53.8 cm³/mol. The number of rotatable bonds is 5. The van der Waals surface area contributed by atoms with Crippen molar-refractivity contribution in [1.82, 2.24) is 10.2 Å². The van der Waals surface area contributed by atoms with Gasteiger partial charge >= 0.3 is 0 Å². The van der Waals surface area contributed by atoms with Gasteiger partial charge in [-0.25, -0.2) is 8.42 Å². The van der Waals surface area contributed by atoms with Crippen LogP contribution in [0.5, 0.6) is 0 Å². The summed E-state index contributed by atoms with van der Waals surface area (Å²) < 4.78 is 24.6. The van der Waals surface area contributed by atoms with Gasteiger partial charge in [0.05, 0.1) is 12.4 Å². The second-order valence-electron chi connectivity index (χ2n) is 2.50. The van der Waals surface area contributed by atoms with E-state index in [1.54, 1.807) is 0 Å². The zero-order valence-electron chi connectivity index (χ0n) is 7.60. The normalized spacial score (nSPS) is 11.6. The number of nitrogens with zero attached hydrogens (tertiary/aromatic N) is 2. The van der Waals surface area contributed by atoms with Crippen LogP contribution < -0.4 is 4.72 Å². The number of sulfonamides is 1. The van der Waals surface area contributed by atoms with Crippen LogP contribution in [0.25, 0.3) is 0 Å². The maximum atomic E-state index is 11.2. The smallest absolute Gasteiger partial charge is 0.236 e. The third kappa shape index (κ3) is 3.20. The standard InChI is InChI=1S/C6H11N3O3S2/c1-2-5-7-8-6(13-5)9-14(11,12)4-3-10/h10H,2-4H2,1H3,(H,8,9). The van der Waals surface area contributed by atoms with Gasteiger partial charge in [-0.15, -0.1) is 10.2 Å². The van der Waals surface area contributed by atoms with Gasteiger partial charge in [-0.05, 0) is 6.42 Å². The fraction of sp³-hybridized carbons (Fsp3) is 0.667. The molecule has 0 fully saturated rings. The van der Waals surface area contributed by atoms with Crippen LogP contribution in [0.2, 0.25) is 0 Å². The Morgan fingerprint density at radius 1 is 1.50 bits per heavy atom. The Morgan fingerprint density at radius 3 is 2.71 bits per heavy atom. The van der Waals surface area contributed by atoms with E-state index in [9.17, 15) is 8.42 Å². The van der Waals surface area contributed by atoms with Crippen molar-refractivity contribution in [3.63, 3.8) is 0 Å². The Bertz CT molecular complexity index is 387. The summed E-state index contributed by atoms with van der Waals surface area (Å²) in [6.07, 6.45) is 0.722. The first-order valence-electron chi connectivity index (χ1n) is 4.01. The maximum Gasteiger partial charge on any atom is 0.236 e. The van der Waals surface area contributed by atoms with Crippen LogP contribution in [-0.4, -0.2) is 36.1 Å². The molecule has 1 aromatic rings. The summed E-state index contributed by atoms with van der Waals surface area (Å²) in [5.74, 6) is -0.325. The van der Waals surface area contributed by atoms with Gasteiger partial charge < -0.3 is 5.11 Å². The van der Waals surface area contributed by atoms with Gasteiger partial charge in [-0.3, -0.25) is 4.72 Å². The summed E-state index contributed by atoms with van der Waals surface area (Å²) in [5, 5.41) is 16.9. The molecule has 2 N–H and O–H groups in total. The number of aliphatic hydroxyl groups excluding tert-OH is 1. The maximum absolute atomic E-state index is 11.2. The van der Waals surface area contributed by atoms with Crippen molar-refractivity contribution < 1.29 is 13.5 Å². The van der Waals surface area contributed by atoms with E-state index in [0.717, 1.165) is 11.4 Å². The lowest BCUT2D eigenvalue weighted by atomic mass is 10.5. The molecular formula is C6H11N3O3S2. The highest BCUT2D eigenvalue weighted by Gasteiger charge is 2.12. The fourth-order valence-electron chi connectivity index (χ4n) is 0.742. The van der Waals surface area contributed by atoms with Crippen molar-refractivity contribution in [2.24, 2.45) is 0 Å². The third-order valence-electron chi connectivity index (χ3n) is 1.37. The molecule has 0 aliphatic carbocycles. The number of aryl methyl sites for hydroxylation is 1. The van der Waals surface area contributed by atoms with Gasteiger partial charge in [0.2, 0.25) is 15.2 Å². The Kier molecular flexibility index (Phi) is 3.78. The van der Waals surface area contributed by atoms with Crippen LogP contribution >= 0.6 is 11.3 Å². The van der Waals surface area contributed by atoms with Crippen molar-refractivity contribution >= 4 is 26.5 Å². The first kappa shape index (κ1) is 11.3. The Hall–Kier alpha value is -0.730. The molecule has 0 saturated heterocycles. The zero-order valence-corrected chi connectivity index (χ0v) is 9.23. The predicted octanol–water partition coefficient (Wildman–Crippen LogP) is -0.165. The summed E-state index contributed by atoms with van der Waals surface area (Å²) >= 11 is 1.19. The number of aliphatic hydroxyl groups is 1.